The molecule has 0 atom stereocenters. The summed E-state index contributed by atoms with van der Waals surface area (Å²) in [5.74, 6) is 6.65. The quantitative estimate of drug-likeness (QED) is 0.851. The Balaban J connectivity index is 2.01. The zero-order chi connectivity index (χ0) is 13.5. The minimum Gasteiger partial charge on any atom is -0.489 e. The summed E-state index contributed by atoms with van der Waals surface area (Å²) < 4.78 is 5.75. The second kappa shape index (κ2) is 6.63. The molecule has 0 unspecified atom stereocenters. The Bertz CT molecular complexity index is 591. The van der Waals surface area contributed by atoms with Gasteiger partial charge in [0.25, 0.3) is 0 Å². The fourth-order valence-corrected chi connectivity index (χ4v) is 1.67. The molecule has 0 saturated carbocycles. The molecule has 0 aliphatic carbocycles. The molecule has 0 fully saturated rings. The molecule has 0 amide bonds. The molecule has 0 bridgehead atoms. The van der Waals surface area contributed by atoms with E-state index in [1.807, 2.05) is 24.3 Å². The number of benzene rings is 2. The summed E-state index contributed by atoms with van der Waals surface area (Å²) in [5, 5.41) is 0. The maximum atomic E-state index is 5.75. The largest absolute Gasteiger partial charge is 0.489 e. The third kappa shape index (κ3) is 4.17. The Labute approximate surface area is 114 Å². The van der Waals surface area contributed by atoms with Crippen molar-refractivity contribution in [1.29, 1.82) is 0 Å². The second-order valence-corrected chi connectivity index (χ2v) is 4.31. The Hall–Kier alpha value is -2.24. The molecule has 2 nitrogen and oxygen atoms in total. The van der Waals surface area contributed by atoms with Crippen molar-refractivity contribution in [3.63, 3.8) is 0 Å². The summed E-state index contributed by atoms with van der Waals surface area (Å²) in [6, 6.07) is 16.1. The fourth-order valence-electron chi connectivity index (χ4n) is 1.67. The smallest absolute Gasteiger partial charge is 0.121 e. The van der Waals surface area contributed by atoms with E-state index in [0.717, 1.165) is 16.9 Å². The first-order valence-corrected chi connectivity index (χ1v) is 6.25. The Kier molecular flexibility index (Phi) is 4.60. The van der Waals surface area contributed by atoms with Gasteiger partial charge < -0.3 is 10.5 Å². The molecular weight excluding hydrogens is 234 g/mol. The summed E-state index contributed by atoms with van der Waals surface area (Å²) in [6.45, 7) is 3.01. The van der Waals surface area contributed by atoms with E-state index in [1.165, 1.54) is 5.56 Å². The van der Waals surface area contributed by atoms with Crippen molar-refractivity contribution in [3.8, 4) is 17.6 Å². The van der Waals surface area contributed by atoms with Crippen LogP contribution < -0.4 is 10.5 Å². The highest BCUT2D eigenvalue weighted by molar-refractivity contribution is 5.40. The monoisotopic (exact) mass is 251 g/mol. The third-order valence-corrected chi connectivity index (χ3v) is 2.69. The van der Waals surface area contributed by atoms with E-state index in [-0.39, 0.29) is 0 Å². The fraction of sp³-hybridized carbons (Fsp3) is 0.176. The summed E-state index contributed by atoms with van der Waals surface area (Å²) >= 11 is 0. The molecule has 2 aromatic rings. The van der Waals surface area contributed by atoms with Crippen LogP contribution >= 0.6 is 0 Å². The molecule has 0 aliphatic rings. The van der Waals surface area contributed by atoms with Gasteiger partial charge in [0.05, 0.1) is 6.54 Å². The van der Waals surface area contributed by atoms with E-state index < -0.39 is 0 Å². The van der Waals surface area contributed by atoms with Crippen LogP contribution in [0.1, 0.15) is 16.7 Å². The number of hydrogen-bond acceptors (Lipinski definition) is 2. The van der Waals surface area contributed by atoms with Crippen LogP contribution in [0, 0.1) is 18.8 Å². The molecule has 0 heterocycles. The SMILES string of the molecule is Cc1ccc(COc2cccc(C#CCN)c2)cc1. The molecule has 0 spiro atoms. The summed E-state index contributed by atoms with van der Waals surface area (Å²) in [5.41, 5.74) is 8.69. The van der Waals surface area contributed by atoms with Crippen molar-refractivity contribution < 1.29 is 4.74 Å². The van der Waals surface area contributed by atoms with E-state index >= 15 is 0 Å². The molecular formula is C17H17NO. The molecule has 96 valence electrons. The molecule has 2 N–H and O–H groups in total. The van der Waals surface area contributed by atoms with Crippen molar-refractivity contribution in [2.24, 2.45) is 5.73 Å². The number of ether oxygens (including phenoxy) is 1. The molecule has 0 saturated heterocycles. The zero-order valence-electron chi connectivity index (χ0n) is 11.0. The Morgan fingerprint density at radius 1 is 1.11 bits per heavy atom. The van der Waals surface area contributed by atoms with E-state index in [2.05, 4.69) is 43.0 Å². The minimum atomic E-state index is 0.369. The predicted octanol–water partition coefficient (Wildman–Crippen LogP) is 2.88. The van der Waals surface area contributed by atoms with E-state index in [0.29, 0.717) is 13.2 Å². The molecule has 2 rings (SSSR count). The van der Waals surface area contributed by atoms with Gasteiger partial charge in [-0.25, -0.2) is 0 Å². The van der Waals surface area contributed by atoms with Gasteiger partial charge in [-0.2, -0.15) is 0 Å². The van der Waals surface area contributed by atoms with Crippen molar-refractivity contribution in [2.45, 2.75) is 13.5 Å². The molecule has 0 aliphatic heterocycles. The van der Waals surface area contributed by atoms with Crippen LogP contribution in [0.25, 0.3) is 0 Å². The summed E-state index contributed by atoms with van der Waals surface area (Å²) in [6.07, 6.45) is 0. The van der Waals surface area contributed by atoms with Gasteiger partial charge in [-0.3, -0.25) is 0 Å². The van der Waals surface area contributed by atoms with Gasteiger partial charge >= 0.3 is 0 Å². The van der Waals surface area contributed by atoms with Gasteiger partial charge in [0, 0.05) is 5.56 Å². The highest BCUT2D eigenvalue weighted by Gasteiger charge is 1.97. The third-order valence-electron chi connectivity index (χ3n) is 2.69. The number of aryl methyl sites for hydroxylation is 1. The lowest BCUT2D eigenvalue weighted by atomic mass is 10.2. The first-order valence-electron chi connectivity index (χ1n) is 6.25. The van der Waals surface area contributed by atoms with Crippen molar-refractivity contribution in [2.75, 3.05) is 6.54 Å². The van der Waals surface area contributed by atoms with E-state index in [9.17, 15) is 0 Å². The van der Waals surface area contributed by atoms with Gasteiger partial charge in [0.15, 0.2) is 0 Å². The van der Waals surface area contributed by atoms with Crippen molar-refractivity contribution in [3.05, 3.63) is 65.2 Å². The number of rotatable bonds is 3. The molecule has 19 heavy (non-hydrogen) atoms. The summed E-state index contributed by atoms with van der Waals surface area (Å²) in [7, 11) is 0. The van der Waals surface area contributed by atoms with Gasteiger partial charge in [-0.05, 0) is 30.7 Å². The lowest BCUT2D eigenvalue weighted by Gasteiger charge is -2.06. The highest BCUT2D eigenvalue weighted by Crippen LogP contribution is 2.15. The average Bonchev–Trinajstić information content (AvgIpc) is 2.45. The second-order valence-electron chi connectivity index (χ2n) is 4.31. The lowest BCUT2D eigenvalue weighted by molar-refractivity contribution is 0.306. The van der Waals surface area contributed by atoms with Crippen LogP contribution in [0.4, 0.5) is 0 Å². The van der Waals surface area contributed by atoms with E-state index in [1.54, 1.807) is 0 Å². The van der Waals surface area contributed by atoms with E-state index in [4.69, 9.17) is 10.5 Å². The first kappa shape index (κ1) is 13.2. The van der Waals surface area contributed by atoms with Crippen LogP contribution in [-0.2, 0) is 6.61 Å². The Morgan fingerprint density at radius 2 is 1.89 bits per heavy atom. The van der Waals surface area contributed by atoms with Crippen LogP contribution in [0.5, 0.6) is 5.75 Å². The van der Waals surface area contributed by atoms with Crippen LogP contribution in [0.15, 0.2) is 48.5 Å². The van der Waals surface area contributed by atoms with Gasteiger partial charge in [-0.1, -0.05) is 47.7 Å². The van der Waals surface area contributed by atoms with Crippen LogP contribution in [0.3, 0.4) is 0 Å². The molecule has 2 heteroatoms. The van der Waals surface area contributed by atoms with Crippen LogP contribution in [-0.4, -0.2) is 6.54 Å². The highest BCUT2D eigenvalue weighted by atomic mass is 16.5. The standard InChI is InChI=1S/C17H17NO/c1-14-7-9-16(10-8-14)13-19-17-6-2-4-15(12-17)5-3-11-18/h2,4,6-10,12H,11,13,18H2,1H3. The number of nitrogens with two attached hydrogens (primary N) is 1. The molecule has 2 aromatic carbocycles. The van der Waals surface area contributed by atoms with Crippen LogP contribution in [0.2, 0.25) is 0 Å². The normalized spacial score (nSPS) is 9.58. The lowest BCUT2D eigenvalue weighted by Crippen LogP contribution is -1.96. The zero-order valence-corrected chi connectivity index (χ0v) is 11.0. The van der Waals surface area contributed by atoms with Gasteiger partial charge in [-0.15, -0.1) is 0 Å². The predicted molar refractivity (Wildman–Crippen MR) is 77.9 cm³/mol. The van der Waals surface area contributed by atoms with Crippen molar-refractivity contribution >= 4 is 0 Å². The van der Waals surface area contributed by atoms with Gasteiger partial charge in [0.2, 0.25) is 0 Å². The molecule has 0 radical (unpaired) electrons. The number of hydrogen-bond donors (Lipinski definition) is 1. The summed E-state index contributed by atoms with van der Waals surface area (Å²) in [4.78, 5) is 0. The van der Waals surface area contributed by atoms with Gasteiger partial charge in [0.1, 0.15) is 12.4 Å². The van der Waals surface area contributed by atoms with Crippen molar-refractivity contribution in [1.82, 2.24) is 0 Å². The minimum absolute atomic E-state index is 0.369. The first-order chi connectivity index (χ1) is 9.28. The maximum Gasteiger partial charge on any atom is 0.121 e. The average molecular weight is 251 g/mol. The Morgan fingerprint density at radius 3 is 2.63 bits per heavy atom. The molecule has 0 aromatic heterocycles. The topological polar surface area (TPSA) is 35.2 Å². The maximum absolute atomic E-state index is 5.75.